The van der Waals surface area contributed by atoms with Crippen LogP contribution in [0, 0.1) is 0 Å². The van der Waals surface area contributed by atoms with Crippen LogP contribution in [0.3, 0.4) is 0 Å². The number of hydrogen-bond donors (Lipinski definition) is 3. The van der Waals surface area contributed by atoms with Gasteiger partial charge < -0.3 is 9.73 Å². The Balaban J connectivity index is 1.91. The fourth-order valence-corrected chi connectivity index (χ4v) is 3.71. The van der Waals surface area contributed by atoms with Crippen LogP contribution in [-0.2, 0) is 19.4 Å². The largest absolute Gasteiger partial charge is 0.454 e. The molecule has 2 rings (SSSR count). The van der Waals surface area contributed by atoms with Crippen molar-refractivity contribution in [1.29, 1.82) is 0 Å². The Bertz CT molecular complexity index is 835. The van der Waals surface area contributed by atoms with Crippen molar-refractivity contribution in [2.45, 2.75) is 72.8 Å². The summed E-state index contributed by atoms with van der Waals surface area (Å²) in [5, 5.41) is 3.57. The van der Waals surface area contributed by atoms with Gasteiger partial charge in [-0.05, 0) is 74.3 Å². The fraction of sp³-hybridized carbons (Fsp3) is 0.520. The van der Waals surface area contributed by atoms with Gasteiger partial charge in [0.05, 0.1) is 6.54 Å². The van der Waals surface area contributed by atoms with E-state index in [1.54, 1.807) is 6.07 Å². The molecule has 0 aliphatic heterocycles. The number of benzene rings is 1. The number of amides is 1. The van der Waals surface area contributed by atoms with Crippen LogP contribution in [0.5, 0.6) is 0 Å². The summed E-state index contributed by atoms with van der Waals surface area (Å²) in [7, 11) is 0. The Labute approximate surface area is 198 Å². The lowest BCUT2D eigenvalue weighted by Crippen LogP contribution is -2.43. The molecule has 0 aliphatic rings. The molecule has 0 radical (unpaired) electrons. The van der Waals surface area contributed by atoms with Crippen LogP contribution in [0.1, 0.15) is 80.8 Å². The van der Waals surface area contributed by atoms with Crippen LogP contribution < -0.4 is 16.2 Å². The quantitative estimate of drug-likeness (QED) is 0.291. The van der Waals surface area contributed by atoms with Gasteiger partial charge in [0.2, 0.25) is 0 Å². The van der Waals surface area contributed by atoms with E-state index in [2.05, 4.69) is 67.0 Å². The highest BCUT2D eigenvalue weighted by Gasteiger charge is 2.14. The monoisotopic (exact) mass is 458 g/mol. The predicted octanol–water partition coefficient (Wildman–Crippen LogP) is 5.44. The molecule has 0 unspecified atom stereocenters. The molecule has 0 saturated carbocycles. The molecule has 1 amide bonds. The first-order chi connectivity index (χ1) is 15.5. The van der Waals surface area contributed by atoms with Crippen molar-refractivity contribution in [2.75, 3.05) is 18.4 Å². The van der Waals surface area contributed by atoms with E-state index >= 15 is 0 Å². The van der Waals surface area contributed by atoms with Gasteiger partial charge in [0, 0.05) is 5.69 Å². The molecule has 7 heteroatoms. The molecule has 0 saturated heterocycles. The molecule has 0 bridgehead atoms. The van der Waals surface area contributed by atoms with Crippen LogP contribution in [0.4, 0.5) is 5.69 Å². The van der Waals surface area contributed by atoms with E-state index in [9.17, 15) is 4.79 Å². The van der Waals surface area contributed by atoms with Crippen LogP contribution in [0.2, 0.25) is 0 Å². The average Bonchev–Trinajstić information content (AvgIpc) is 3.27. The molecule has 176 valence electrons. The standard InChI is InChI=1S/C25H38N4O2S/c1-5-9-16-29(17-10-6-2)18-21-14-15-22(31-21)24(30)27-28-25(32)26-23-19(7-3)12-11-13-20(23)8-4/h11-15H,5-10,16-18H2,1-4H3,(H,27,30)(H2,26,28,32). The van der Waals surface area contributed by atoms with E-state index in [-0.39, 0.29) is 11.7 Å². The molecule has 6 nitrogen and oxygen atoms in total. The molecule has 0 spiro atoms. The van der Waals surface area contributed by atoms with Crippen molar-refractivity contribution in [1.82, 2.24) is 15.8 Å². The number of carbonyl (C=O) groups is 1. The molecule has 32 heavy (non-hydrogen) atoms. The van der Waals surface area contributed by atoms with Crippen molar-refractivity contribution in [3.63, 3.8) is 0 Å². The van der Waals surface area contributed by atoms with Crippen molar-refractivity contribution < 1.29 is 9.21 Å². The zero-order valence-electron chi connectivity index (χ0n) is 19.9. The molecular weight excluding hydrogens is 420 g/mol. The minimum absolute atomic E-state index is 0.268. The maximum absolute atomic E-state index is 12.5. The maximum Gasteiger partial charge on any atom is 0.305 e. The summed E-state index contributed by atoms with van der Waals surface area (Å²) >= 11 is 5.39. The van der Waals surface area contributed by atoms with Gasteiger partial charge >= 0.3 is 5.91 Å². The Morgan fingerprint density at radius 3 is 2.12 bits per heavy atom. The van der Waals surface area contributed by atoms with E-state index in [0.29, 0.717) is 11.7 Å². The fourth-order valence-electron chi connectivity index (χ4n) is 3.56. The molecule has 0 aliphatic carbocycles. The lowest BCUT2D eigenvalue weighted by Gasteiger charge is -2.20. The number of hydrazine groups is 1. The number of nitrogens with one attached hydrogen (secondary N) is 3. The summed E-state index contributed by atoms with van der Waals surface area (Å²) < 4.78 is 5.80. The van der Waals surface area contributed by atoms with Gasteiger partial charge in [-0.1, -0.05) is 58.7 Å². The van der Waals surface area contributed by atoms with Gasteiger partial charge in [-0.15, -0.1) is 0 Å². The highest BCUT2D eigenvalue weighted by Crippen LogP contribution is 2.22. The van der Waals surface area contributed by atoms with E-state index in [1.165, 1.54) is 11.1 Å². The van der Waals surface area contributed by atoms with E-state index in [4.69, 9.17) is 16.6 Å². The van der Waals surface area contributed by atoms with Crippen LogP contribution in [-0.4, -0.2) is 29.0 Å². The van der Waals surface area contributed by atoms with Crippen LogP contribution >= 0.6 is 12.2 Å². The number of unbranched alkanes of at least 4 members (excludes halogenated alkanes) is 2. The number of anilines is 1. The van der Waals surface area contributed by atoms with Gasteiger partial charge in [0.15, 0.2) is 10.9 Å². The molecule has 0 atom stereocenters. The summed E-state index contributed by atoms with van der Waals surface area (Å²) in [5.74, 6) is 0.713. The van der Waals surface area contributed by atoms with E-state index < -0.39 is 0 Å². The number of hydrogen-bond acceptors (Lipinski definition) is 4. The normalized spacial score (nSPS) is 10.9. The molecular formula is C25H38N4O2S. The second kappa shape index (κ2) is 13.9. The highest BCUT2D eigenvalue weighted by atomic mass is 32.1. The smallest absolute Gasteiger partial charge is 0.305 e. The summed E-state index contributed by atoms with van der Waals surface area (Å²) in [4.78, 5) is 14.9. The molecule has 1 aromatic heterocycles. The number of furan rings is 1. The minimum atomic E-state index is -0.353. The summed E-state index contributed by atoms with van der Waals surface area (Å²) in [6, 6.07) is 9.81. The molecule has 0 fully saturated rings. The Kier molecular flexibility index (Phi) is 11.2. The first kappa shape index (κ1) is 25.9. The lowest BCUT2D eigenvalue weighted by atomic mass is 10.0. The van der Waals surface area contributed by atoms with Crippen molar-refractivity contribution in [3.8, 4) is 0 Å². The van der Waals surface area contributed by atoms with Crippen molar-refractivity contribution >= 4 is 28.9 Å². The first-order valence-electron chi connectivity index (χ1n) is 11.8. The molecule has 2 aromatic rings. The van der Waals surface area contributed by atoms with Crippen molar-refractivity contribution in [3.05, 3.63) is 53.0 Å². The lowest BCUT2D eigenvalue weighted by molar-refractivity contribution is 0.0912. The number of aryl methyl sites for hydroxylation is 2. The molecule has 1 aromatic carbocycles. The summed E-state index contributed by atoms with van der Waals surface area (Å²) in [6.45, 7) is 11.4. The third-order valence-electron chi connectivity index (χ3n) is 5.45. The Morgan fingerprint density at radius 2 is 1.56 bits per heavy atom. The second-order valence-electron chi connectivity index (χ2n) is 7.94. The van der Waals surface area contributed by atoms with Gasteiger partial charge in [-0.2, -0.15) is 0 Å². The zero-order chi connectivity index (χ0) is 23.3. The average molecular weight is 459 g/mol. The first-order valence-corrected chi connectivity index (χ1v) is 12.2. The number of nitrogens with zero attached hydrogens (tertiary/aromatic N) is 1. The number of carbonyl (C=O) groups excluding carboxylic acids is 1. The van der Waals surface area contributed by atoms with Gasteiger partial charge in [0.25, 0.3) is 0 Å². The number of thiocarbonyl (C=S) groups is 1. The zero-order valence-corrected chi connectivity index (χ0v) is 20.7. The Morgan fingerprint density at radius 1 is 0.938 bits per heavy atom. The molecule has 1 heterocycles. The van der Waals surface area contributed by atoms with Crippen LogP contribution in [0.25, 0.3) is 0 Å². The SMILES string of the molecule is CCCCN(CCCC)Cc1ccc(C(=O)NNC(=S)Nc2c(CC)cccc2CC)o1. The van der Waals surface area contributed by atoms with Crippen molar-refractivity contribution in [2.24, 2.45) is 0 Å². The van der Waals surface area contributed by atoms with Gasteiger partial charge in [0.1, 0.15) is 5.76 Å². The van der Waals surface area contributed by atoms with Gasteiger partial charge in [-0.3, -0.25) is 20.5 Å². The van der Waals surface area contributed by atoms with E-state index in [0.717, 1.165) is 63.1 Å². The Hall–Kier alpha value is -2.38. The van der Waals surface area contributed by atoms with E-state index in [1.807, 2.05) is 6.07 Å². The third kappa shape index (κ3) is 7.95. The highest BCUT2D eigenvalue weighted by molar-refractivity contribution is 7.80. The van der Waals surface area contributed by atoms with Crippen LogP contribution in [0.15, 0.2) is 34.7 Å². The number of rotatable bonds is 12. The summed E-state index contributed by atoms with van der Waals surface area (Å²) in [5.41, 5.74) is 8.79. The minimum Gasteiger partial charge on any atom is -0.454 e. The second-order valence-corrected chi connectivity index (χ2v) is 8.35. The van der Waals surface area contributed by atoms with Gasteiger partial charge in [-0.25, -0.2) is 0 Å². The topological polar surface area (TPSA) is 69.5 Å². The summed E-state index contributed by atoms with van der Waals surface area (Å²) in [6.07, 6.45) is 6.44. The third-order valence-corrected chi connectivity index (χ3v) is 5.65. The predicted molar refractivity (Wildman–Crippen MR) is 136 cm³/mol. The molecule has 3 N–H and O–H groups in total. The maximum atomic E-state index is 12.5. The number of para-hydroxylation sites is 1.